The van der Waals surface area contributed by atoms with E-state index in [4.69, 9.17) is 11.6 Å². The van der Waals surface area contributed by atoms with Gasteiger partial charge in [0.25, 0.3) is 0 Å². The second-order valence-corrected chi connectivity index (χ2v) is 7.33. The normalized spacial score (nSPS) is 13.2. The first-order valence-electron chi connectivity index (χ1n) is 8.09. The van der Waals surface area contributed by atoms with E-state index in [9.17, 15) is 14.7 Å². The molecule has 2 rings (SSSR count). The van der Waals surface area contributed by atoms with E-state index in [1.165, 1.54) is 0 Å². The predicted octanol–water partition coefficient (Wildman–Crippen LogP) is 3.93. The van der Waals surface area contributed by atoms with E-state index in [1.807, 2.05) is 12.3 Å². The predicted molar refractivity (Wildman–Crippen MR) is 99.0 cm³/mol. The highest BCUT2D eigenvalue weighted by atomic mass is 35.5. The lowest BCUT2D eigenvalue weighted by Crippen LogP contribution is -2.51. The molecule has 1 amide bonds. The summed E-state index contributed by atoms with van der Waals surface area (Å²) in [7, 11) is 0. The van der Waals surface area contributed by atoms with Crippen molar-refractivity contribution in [2.24, 2.45) is 0 Å². The van der Waals surface area contributed by atoms with Crippen LogP contribution in [0.1, 0.15) is 42.5 Å². The highest BCUT2D eigenvalue weighted by Crippen LogP contribution is 2.27. The van der Waals surface area contributed by atoms with Gasteiger partial charge in [-0.05, 0) is 43.9 Å². The molecule has 5 nitrogen and oxygen atoms in total. The molecule has 1 unspecified atom stereocenters. The van der Waals surface area contributed by atoms with Crippen LogP contribution in [-0.2, 0) is 21.5 Å². The molecule has 0 fully saturated rings. The number of carbonyl (C=O) groups is 2. The number of aliphatic carboxylic acids is 1. The third kappa shape index (κ3) is 4.80. The van der Waals surface area contributed by atoms with Crippen molar-refractivity contribution >= 4 is 34.8 Å². The number of nitrogens with one attached hydrogen (secondary N) is 1. The van der Waals surface area contributed by atoms with Crippen LogP contribution in [0.2, 0.25) is 5.02 Å². The van der Waals surface area contributed by atoms with Gasteiger partial charge in [-0.3, -0.25) is 4.79 Å². The SMILES string of the molecule is CCC(NC(=O)CCCc1csc(C)n1)(C(=O)O)c1ccc(Cl)cc1. The maximum atomic E-state index is 12.3. The molecule has 25 heavy (non-hydrogen) atoms. The van der Waals surface area contributed by atoms with E-state index >= 15 is 0 Å². The third-order valence-corrected chi connectivity index (χ3v) is 5.16. The molecule has 1 aromatic carbocycles. The molecule has 0 spiro atoms. The summed E-state index contributed by atoms with van der Waals surface area (Å²) in [4.78, 5) is 28.6. The van der Waals surface area contributed by atoms with Crippen LogP contribution in [0.4, 0.5) is 0 Å². The first kappa shape index (κ1) is 19.4. The number of carboxylic acid groups (broad SMARTS) is 1. The zero-order valence-electron chi connectivity index (χ0n) is 14.2. The number of benzene rings is 1. The van der Waals surface area contributed by atoms with Crippen molar-refractivity contribution in [2.45, 2.75) is 45.1 Å². The average Bonchev–Trinajstić information content (AvgIpc) is 2.98. The van der Waals surface area contributed by atoms with Crippen molar-refractivity contribution in [1.82, 2.24) is 10.3 Å². The maximum Gasteiger partial charge on any atom is 0.334 e. The fourth-order valence-corrected chi connectivity index (χ4v) is 3.45. The molecule has 0 saturated heterocycles. The number of carboxylic acids is 1. The Labute approximate surface area is 156 Å². The quantitative estimate of drug-likeness (QED) is 0.727. The number of thiazole rings is 1. The minimum absolute atomic E-state index is 0.237. The zero-order valence-corrected chi connectivity index (χ0v) is 15.8. The van der Waals surface area contributed by atoms with Gasteiger partial charge < -0.3 is 10.4 Å². The summed E-state index contributed by atoms with van der Waals surface area (Å²) in [5.41, 5.74) is 0.0298. The average molecular weight is 381 g/mol. The van der Waals surface area contributed by atoms with Crippen LogP contribution in [0.15, 0.2) is 29.6 Å². The summed E-state index contributed by atoms with van der Waals surface area (Å²) >= 11 is 7.46. The van der Waals surface area contributed by atoms with Crippen molar-refractivity contribution in [3.63, 3.8) is 0 Å². The van der Waals surface area contributed by atoms with Gasteiger partial charge in [-0.25, -0.2) is 9.78 Å². The molecule has 134 valence electrons. The molecule has 1 heterocycles. The maximum absolute atomic E-state index is 12.3. The Kier molecular flexibility index (Phi) is 6.56. The van der Waals surface area contributed by atoms with E-state index < -0.39 is 11.5 Å². The Bertz CT molecular complexity index is 745. The lowest BCUT2D eigenvalue weighted by atomic mass is 9.87. The van der Waals surface area contributed by atoms with E-state index in [2.05, 4.69) is 10.3 Å². The van der Waals surface area contributed by atoms with Crippen molar-refractivity contribution in [2.75, 3.05) is 0 Å². The lowest BCUT2D eigenvalue weighted by molar-refractivity contribution is -0.148. The molecule has 2 N–H and O–H groups in total. The monoisotopic (exact) mass is 380 g/mol. The van der Waals surface area contributed by atoms with Gasteiger partial charge in [0.05, 0.1) is 10.7 Å². The first-order chi connectivity index (χ1) is 11.9. The van der Waals surface area contributed by atoms with Crippen LogP contribution in [0.25, 0.3) is 0 Å². The molecular formula is C18H21ClN2O3S. The molecule has 1 atom stereocenters. The van der Waals surface area contributed by atoms with Gasteiger partial charge in [0.15, 0.2) is 5.54 Å². The molecule has 1 aromatic heterocycles. The highest BCUT2D eigenvalue weighted by molar-refractivity contribution is 7.09. The molecule has 0 bridgehead atoms. The van der Waals surface area contributed by atoms with Gasteiger partial charge in [0, 0.05) is 16.8 Å². The second-order valence-electron chi connectivity index (χ2n) is 5.83. The third-order valence-electron chi connectivity index (χ3n) is 4.09. The number of nitrogens with zero attached hydrogens (tertiary/aromatic N) is 1. The smallest absolute Gasteiger partial charge is 0.334 e. The standard InChI is InChI=1S/C18H21ClN2O3S/c1-3-18(17(23)24,13-7-9-14(19)10-8-13)21-16(22)6-4-5-15-11-25-12(2)20-15/h7-11H,3-6H2,1-2H3,(H,21,22)(H,23,24). The molecule has 0 aliphatic carbocycles. The Balaban J connectivity index is 2.04. The van der Waals surface area contributed by atoms with E-state index in [0.29, 0.717) is 23.4 Å². The van der Waals surface area contributed by atoms with Gasteiger partial charge >= 0.3 is 5.97 Å². The van der Waals surface area contributed by atoms with Gasteiger partial charge in [-0.1, -0.05) is 30.7 Å². The van der Waals surface area contributed by atoms with Gasteiger partial charge in [-0.15, -0.1) is 11.3 Å². The van der Waals surface area contributed by atoms with Gasteiger partial charge in [-0.2, -0.15) is 0 Å². The van der Waals surface area contributed by atoms with Crippen molar-refractivity contribution in [3.05, 3.63) is 50.9 Å². The summed E-state index contributed by atoms with van der Waals surface area (Å²) in [6, 6.07) is 6.53. The number of hydrogen-bond acceptors (Lipinski definition) is 4. The van der Waals surface area contributed by atoms with Crippen molar-refractivity contribution in [1.29, 1.82) is 0 Å². The Hall–Kier alpha value is -1.92. The van der Waals surface area contributed by atoms with Gasteiger partial charge in [0.1, 0.15) is 0 Å². The molecular weight excluding hydrogens is 360 g/mol. The molecule has 0 radical (unpaired) electrons. The van der Waals surface area contributed by atoms with Crippen LogP contribution >= 0.6 is 22.9 Å². The molecule has 0 aliphatic rings. The number of rotatable bonds is 8. The van der Waals surface area contributed by atoms with Crippen LogP contribution in [0.5, 0.6) is 0 Å². The van der Waals surface area contributed by atoms with Crippen LogP contribution in [0, 0.1) is 6.92 Å². The van der Waals surface area contributed by atoms with Crippen molar-refractivity contribution < 1.29 is 14.7 Å². The van der Waals surface area contributed by atoms with E-state index in [1.54, 1.807) is 42.5 Å². The topological polar surface area (TPSA) is 79.3 Å². The first-order valence-corrected chi connectivity index (χ1v) is 9.34. The Morgan fingerprint density at radius 3 is 2.52 bits per heavy atom. The summed E-state index contributed by atoms with van der Waals surface area (Å²) in [5.74, 6) is -1.37. The summed E-state index contributed by atoms with van der Waals surface area (Å²) in [6.45, 7) is 3.68. The van der Waals surface area contributed by atoms with Crippen LogP contribution in [-0.4, -0.2) is 22.0 Å². The minimum Gasteiger partial charge on any atom is -0.479 e. The fourth-order valence-electron chi connectivity index (χ4n) is 2.68. The number of carbonyl (C=O) groups excluding carboxylic acids is 1. The Morgan fingerprint density at radius 2 is 2.00 bits per heavy atom. The molecule has 0 saturated carbocycles. The van der Waals surface area contributed by atoms with Crippen LogP contribution in [0.3, 0.4) is 0 Å². The Morgan fingerprint density at radius 1 is 1.32 bits per heavy atom. The summed E-state index contributed by atoms with van der Waals surface area (Å²) < 4.78 is 0. The highest BCUT2D eigenvalue weighted by Gasteiger charge is 2.40. The number of halogens is 1. The lowest BCUT2D eigenvalue weighted by Gasteiger charge is -2.30. The molecule has 2 aromatic rings. The summed E-state index contributed by atoms with van der Waals surface area (Å²) in [6.07, 6.45) is 1.81. The van der Waals surface area contributed by atoms with E-state index in [0.717, 1.165) is 10.7 Å². The molecule has 7 heteroatoms. The molecule has 0 aliphatic heterocycles. The minimum atomic E-state index is -1.45. The zero-order chi connectivity index (χ0) is 18.4. The number of aromatic nitrogens is 1. The van der Waals surface area contributed by atoms with Crippen LogP contribution < -0.4 is 5.32 Å². The second kappa shape index (κ2) is 8.45. The number of amides is 1. The van der Waals surface area contributed by atoms with E-state index in [-0.39, 0.29) is 18.7 Å². The summed E-state index contributed by atoms with van der Waals surface area (Å²) in [5, 5.41) is 15.9. The number of aryl methyl sites for hydroxylation is 2. The van der Waals surface area contributed by atoms with Crippen molar-refractivity contribution in [3.8, 4) is 0 Å². The number of hydrogen-bond donors (Lipinski definition) is 2. The fraction of sp³-hybridized carbons (Fsp3) is 0.389. The largest absolute Gasteiger partial charge is 0.479 e. The van der Waals surface area contributed by atoms with Gasteiger partial charge in [0.2, 0.25) is 5.91 Å².